The standard InChI is InChI=1S/C27H32F3N3S/c1-5-9-19(3)32-25-11-7-12-26-23(25)17-21(33(26)18-27(28,29)30)10-8-15-31-24-14-13-22(34-4)16-20(24)6-2/h7,11-14,16-17,19,31-32H,5-6,9,15,18H2,1-4H3. The number of nitrogens with zero attached hydrogens (tertiary/aromatic N) is 1. The predicted molar refractivity (Wildman–Crippen MR) is 139 cm³/mol. The van der Waals surface area contributed by atoms with Gasteiger partial charge in [-0.1, -0.05) is 32.3 Å². The quantitative estimate of drug-likeness (QED) is 0.241. The fourth-order valence-electron chi connectivity index (χ4n) is 4.07. The fourth-order valence-corrected chi connectivity index (χ4v) is 4.53. The van der Waals surface area contributed by atoms with Gasteiger partial charge in [-0.3, -0.25) is 0 Å². The van der Waals surface area contributed by atoms with Crippen molar-refractivity contribution in [3.8, 4) is 11.8 Å². The number of thioether (sulfide) groups is 1. The van der Waals surface area contributed by atoms with Crippen LogP contribution < -0.4 is 10.6 Å². The molecule has 0 bridgehead atoms. The number of aryl methyl sites for hydroxylation is 1. The van der Waals surface area contributed by atoms with Crippen LogP contribution >= 0.6 is 11.8 Å². The number of anilines is 2. The maximum absolute atomic E-state index is 13.4. The van der Waals surface area contributed by atoms with Gasteiger partial charge >= 0.3 is 6.18 Å². The molecule has 1 heterocycles. The molecule has 1 atom stereocenters. The second kappa shape index (κ2) is 11.6. The highest BCUT2D eigenvalue weighted by atomic mass is 32.2. The van der Waals surface area contributed by atoms with E-state index in [2.05, 4.69) is 55.4 Å². The Morgan fingerprint density at radius 1 is 1.09 bits per heavy atom. The first-order valence-electron chi connectivity index (χ1n) is 11.6. The van der Waals surface area contributed by atoms with Gasteiger partial charge in [0, 0.05) is 27.7 Å². The van der Waals surface area contributed by atoms with Crippen LogP contribution in [-0.2, 0) is 13.0 Å². The van der Waals surface area contributed by atoms with E-state index in [1.54, 1.807) is 30.0 Å². The van der Waals surface area contributed by atoms with Gasteiger partial charge in [-0.2, -0.15) is 13.2 Å². The summed E-state index contributed by atoms with van der Waals surface area (Å²) < 4.78 is 41.4. The van der Waals surface area contributed by atoms with Gasteiger partial charge in [-0.25, -0.2) is 0 Å². The topological polar surface area (TPSA) is 29.0 Å². The van der Waals surface area contributed by atoms with Gasteiger partial charge in [0.05, 0.1) is 17.8 Å². The van der Waals surface area contributed by atoms with Crippen LogP contribution in [0.25, 0.3) is 10.9 Å². The summed E-state index contributed by atoms with van der Waals surface area (Å²) in [6.07, 6.45) is 0.599. The van der Waals surface area contributed by atoms with E-state index in [9.17, 15) is 13.2 Å². The van der Waals surface area contributed by atoms with Crippen molar-refractivity contribution < 1.29 is 13.2 Å². The number of alkyl halides is 3. The van der Waals surface area contributed by atoms with Gasteiger partial charge in [0.15, 0.2) is 0 Å². The molecule has 1 aromatic heterocycles. The van der Waals surface area contributed by atoms with Gasteiger partial charge in [0.1, 0.15) is 6.54 Å². The van der Waals surface area contributed by atoms with E-state index in [0.29, 0.717) is 17.8 Å². The van der Waals surface area contributed by atoms with E-state index < -0.39 is 12.7 Å². The second-order valence-corrected chi connectivity index (χ2v) is 9.21. The third kappa shape index (κ3) is 6.66. The number of hydrogen-bond acceptors (Lipinski definition) is 3. The monoisotopic (exact) mass is 487 g/mol. The minimum absolute atomic E-state index is 0.227. The highest BCUT2D eigenvalue weighted by Gasteiger charge is 2.30. The minimum atomic E-state index is -4.34. The summed E-state index contributed by atoms with van der Waals surface area (Å²) in [6, 6.07) is 13.6. The van der Waals surface area contributed by atoms with Gasteiger partial charge < -0.3 is 15.2 Å². The van der Waals surface area contributed by atoms with Gasteiger partial charge in [-0.05, 0) is 73.9 Å². The number of fused-ring (bicyclic) bond motifs is 1. The van der Waals surface area contributed by atoms with Crippen molar-refractivity contribution in [3.05, 3.63) is 53.7 Å². The molecule has 0 amide bonds. The van der Waals surface area contributed by atoms with Crippen LogP contribution in [0.2, 0.25) is 0 Å². The molecule has 0 saturated carbocycles. The van der Waals surface area contributed by atoms with Gasteiger partial charge in [0.25, 0.3) is 0 Å². The molecule has 0 fully saturated rings. The van der Waals surface area contributed by atoms with Crippen LogP contribution in [0.5, 0.6) is 0 Å². The van der Waals surface area contributed by atoms with Crippen LogP contribution in [0.4, 0.5) is 24.5 Å². The van der Waals surface area contributed by atoms with E-state index >= 15 is 0 Å². The Morgan fingerprint density at radius 2 is 1.88 bits per heavy atom. The lowest BCUT2D eigenvalue weighted by molar-refractivity contribution is -0.140. The molecule has 0 aliphatic rings. The van der Waals surface area contributed by atoms with Gasteiger partial charge in [0.2, 0.25) is 0 Å². The number of halogens is 3. The Balaban J connectivity index is 1.89. The zero-order valence-electron chi connectivity index (χ0n) is 20.1. The summed E-state index contributed by atoms with van der Waals surface area (Å²) in [5.41, 5.74) is 3.92. The molecule has 2 aromatic carbocycles. The molecule has 0 aliphatic carbocycles. The molecule has 182 valence electrons. The van der Waals surface area contributed by atoms with E-state index in [0.717, 1.165) is 36.0 Å². The molecular weight excluding hydrogens is 455 g/mol. The Hall–Kier alpha value is -2.72. The molecule has 3 aromatic rings. The first-order chi connectivity index (χ1) is 16.3. The summed E-state index contributed by atoms with van der Waals surface area (Å²) in [5, 5.41) is 7.51. The molecule has 0 saturated heterocycles. The predicted octanol–water partition coefficient (Wildman–Crippen LogP) is 7.55. The molecule has 7 heteroatoms. The van der Waals surface area contributed by atoms with Crippen molar-refractivity contribution in [1.82, 2.24) is 4.57 Å². The largest absolute Gasteiger partial charge is 0.406 e. The minimum Gasteiger partial charge on any atom is -0.382 e. The first-order valence-corrected chi connectivity index (χ1v) is 12.8. The second-order valence-electron chi connectivity index (χ2n) is 8.34. The smallest absolute Gasteiger partial charge is 0.382 e. The summed E-state index contributed by atoms with van der Waals surface area (Å²) in [6.45, 7) is 5.56. The zero-order chi connectivity index (χ0) is 24.7. The van der Waals surface area contributed by atoms with Crippen LogP contribution in [0.3, 0.4) is 0 Å². The summed E-state index contributed by atoms with van der Waals surface area (Å²) in [4.78, 5) is 1.20. The average Bonchev–Trinajstić information content (AvgIpc) is 3.13. The van der Waals surface area contributed by atoms with E-state index in [4.69, 9.17) is 0 Å². The maximum Gasteiger partial charge on any atom is 0.406 e. The number of rotatable bonds is 9. The van der Waals surface area contributed by atoms with Gasteiger partial charge in [-0.15, -0.1) is 11.8 Å². The third-order valence-electron chi connectivity index (χ3n) is 5.68. The molecule has 2 N–H and O–H groups in total. The Labute approximate surface area is 204 Å². The van der Waals surface area contributed by atoms with Crippen LogP contribution in [0, 0.1) is 11.8 Å². The number of nitrogens with one attached hydrogen (secondary N) is 2. The highest BCUT2D eigenvalue weighted by molar-refractivity contribution is 7.98. The lowest BCUT2D eigenvalue weighted by Gasteiger charge is -2.16. The Bertz CT molecular complexity index is 1170. The average molecular weight is 488 g/mol. The summed E-state index contributed by atoms with van der Waals surface area (Å²) in [5.74, 6) is 6.00. The summed E-state index contributed by atoms with van der Waals surface area (Å²) >= 11 is 1.69. The molecule has 0 aliphatic heterocycles. The first kappa shape index (κ1) is 25.9. The molecule has 34 heavy (non-hydrogen) atoms. The van der Waals surface area contributed by atoms with Crippen molar-refractivity contribution in [2.75, 3.05) is 23.4 Å². The number of aromatic nitrogens is 1. The van der Waals surface area contributed by atoms with Crippen LogP contribution in [-0.4, -0.2) is 29.6 Å². The Kier molecular flexibility index (Phi) is 8.84. The van der Waals surface area contributed by atoms with E-state index in [1.807, 2.05) is 18.4 Å². The maximum atomic E-state index is 13.4. The number of hydrogen-bond donors (Lipinski definition) is 2. The summed E-state index contributed by atoms with van der Waals surface area (Å²) in [7, 11) is 0. The molecule has 0 spiro atoms. The zero-order valence-corrected chi connectivity index (χ0v) is 21.0. The molecule has 3 rings (SSSR count). The SMILES string of the molecule is CCCC(C)Nc1cccc2c1cc(C#CCNc1ccc(SC)cc1CC)n2CC(F)(F)F. The highest BCUT2D eigenvalue weighted by Crippen LogP contribution is 2.31. The molecule has 3 nitrogen and oxygen atoms in total. The lowest BCUT2D eigenvalue weighted by atomic mass is 10.1. The molecule has 0 radical (unpaired) electrons. The van der Waals surface area contributed by atoms with E-state index in [-0.39, 0.29) is 6.04 Å². The van der Waals surface area contributed by atoms with Crippen molar-refractivity contribution >= 4 is 34.0 Å². The van der Waals surface area contributed by atoms with E-state index in [1.165, 1.54) is 15.0 Å². The van der Waals surface area contributed by atoms with Crippen molar-refractivity contribution in [1.29, 1.82) is 0 Å². The Morgan fingerprint density at radius 3 is 2.56 bits per heavy atom. The van der Waals surface area contributed by atoms with Crippen LogP contribution in [0.1, 0.15) is 44.9 Å². The normalized spacial score (nSPS) is 12.3. The third-order valence-corrected chi connectivity index (χ3v) is 6.41. The van der Waals surface area contributed by atoms with Crippen molar-refractivity contribution in [3.63, 3.8) is 0 Å². The molecular formula is C27H32F3N3S. The molecule has 1 unspecified atom stereocenters. The fraction of sp³-hybridized carbons (Fsp3) is 0.407. The van der Waals surface area contributed by atoms with Crippen molar-refractivity contribution in [2.24, 2.45) is 0 Å². The van der Waals surface area contributed by atoms with Crippen LogP contribution in [0.15, 0.2) is 47.4 Å². The lowest BCUT2D eigenvalue weighted by Crippen LogP contribution is -2.18. The number of benzene rings is 2. The van der Waals surface area contributed by atoms with Crippen molar-refractivity contribution in [2.45, 2.75) is 63.7 Å².